The molecule has 0 amide bonds. The third-order valence-electron chi connectivity index (χ3n) is 4.27. The Hall–Kier alpha value is -0.170. The smallest absolute Gasteiger partial charge is 0.279 e. The van der Waals surface area contributed by atoms with Crippen LogP contribution in [0, 0.1) is 5.92 Å². The van der Waals surface area contributed by atoms with Gasteiger partial charge in [0.15, 0.2) is 0 Å². The molecule has 0 bridgehead atoms. The van der Waals surface area contributed by atoms with Gasteiger partial charge in [0.05, 0.1) is 0 Å². The standard InChI is InChI=1S/C15H33N3O2S/c1-4-6-8-15(7-5-2)17-21(19,20)18-11-9-14(10-12-18)13-16-3/h14-17H,4-13H2,1-3H3. The van der Waals surface area contributed by atoms with Crippen LogP contribution in [0.4, 0.5) is 0 Å². The van der Waals surface area contributed by atoms with Gasteiger partial charge in [-0.05, 0) is 45.2 Å². The Morgan fingerprint density at radius 2 is 1.81 bits per heavy atom. The minimum absolute atomic E-state index is 0.0926. The van der Waals surface area contributed by atoms with E-state index in [1.54, 1.807) is 4.31 Å². The van der Waals surface area contributed by atoms with E-state index in [0.29, 0.717) is 19.0 Å². The highest BCUT2D eigenvalue weighted by atomic mass is 32.2. The van der Waals surface area contributed by atoms with Gasteiger partial charge in [0.1, 0.15) is 0 Å². The summed E-state index contributed by atoms with van der Waals surface area (Å²) in [6.45, 7) is 6.53. The van der Waals surface area contributed by atoms with Gasteiger partial charge in [-0.3, -0.25) is 0 Å². The van der Waals surface area contributed by atoms with E-state index in [1.165, 1.54) is 0 Å². The zero-order chi connectivity index (χ0) is 15.7. The molecule has 1 atom stereocenters. The highest BCUT2D eigenvalue weighted by Gasteiger charge is 2.29. The van der Waals surface area contributed by atoms with Crippen molar-refractivity contribution in [2.24, 2.45) is 5.92 Å². The van der Waals surface area contributed by atoms with Crippen LogP contribution in [0.15, 0.2) is 0 Å². The molecular formula is C15H33N3O2S. The lowest BCUT2D eigenvalue weighted by molar-refractivity contribution is 0.266. The number of hydrogen-bond donors (Lipinski definition) is 2. The normalized spacial score (nSPS) is 19.8. The Balaban J connectivity index is 2.51. The van der Waals surface area contributed by atoms with Gasteiger partial charge in [0, 0.05) is 19.1 Å². The second-order valence-corrected chi connectivity index (χ2v) is 7.85. The molecule has 1 fully saturated rings. The SMILES string of the molecule is CCCCC(CCC)NS(=O)(=O)N1CCC(CNC)CC1. The first kappa shape index (κ1) is 18.9. The van der Waals surface area contributed by atoms with Crippen LogP contribution in [0.1, 0.15) is 58.8 Å². The minimum Gasteiger partial charge on any atom is -0.319 e. The lowest BCUT2D eigenvalue weighted by Crippen LogP contribution is -2.48. The number of hydrogen-bond acceptors (Lipinski definition) is 3. The van der Waals surface area contributed by atoms with Gasteiger partial charge in [0.2, 0.25) is 0 Å². The summed E-state index contributed by atoms with van der Waals surface area (Å²) in [7, 11) is -1.36. The Morgan fingerprint density at radius 3 is 2.33 bits per heavy atom. The molecule has 0 aromatic carbocycles. The monoisotopic (exact) mass is 319 g/mol. The van der Waals surface area contributed by atoms with E-state index in [1.807, 2.05) is 7.05 Å². The van der Waals surface area contributed by atoms with Crippen LogP contribution in [-0.2, 0) is 10.2 Å². The molecule has 0 aliphatic carbocycles. The molecule has 1 heterocycles. The Labute approximate surface area is 131 Å². The summed E-state index contributed by atoms with van der Waals surface area (Å²) < 4.78 is 29.6. The van der Waals surface area contributed by atoms with E-state index < -0.39 is 10.2 Å². The molecule has 1 aliphatic rings. The number of nitrogens with zero attached hydrogens (tertiary/aromatic N) is 1. The van der Waals surface area contributed by atoms with Gasteiger partial charge in [-0.2, -0.15) is 17.4 Å². The summed E-state index contributed by atoms with van der Waals surface area (Å²) in [6.07, 6.45) is 6.98. The lowest BCUT2D eigenvalue weighted by Gasteiger charge is -2.32. The topological polar surface area (TPSA) is 61.4 Å². The fourth-order valence-electron chi connectivity index (χ4n) is 2.99. The fraction of sp³-hybridized carbons (Fsp3) is 1.00. The predicted molar refractivity (Wildman–Crippen MR) is 88.5 cm³/mol. The molecule has 0 aromatic rings. The Bertz CT molecular complexity index is 365. The first-order valence-corrected chi connectivity index (χ1v) is 9.89. The van der Waals surface area contributed by atoms with E-state index >= 15 is 0 Å². The van der Waals surface area contributed by atoms with Crippen LogP contribution >= 0.6 is 0 Å². The lowest BCUT2D eigenvalue weighted by atomic mass is 9.98. The number of piperidine rings is 1. The first-order valence-electron chi connectivity index (χ1n) is 8.45. The number of nitrogens with one attached hydrogen (secondary N) is 2. The van der Waals surface area contributed by atoms with Crippen LogP contribution in [0.5, 0.6) is 0 Å². The number of rotatable bonds is 10. The summed E-state index contributed by atoms with van der Waals surface area (Å²) in [5.74, 6) is 0.605. The highest BCUT2D eigenvalue weighted by molar-refractivity contribution is 7.87. The maximum atomic E-state index is 12.5. The maximum Gasteiger partial charge on any atom is 0.279 e. The van der Waals surface area contributed by atoms with E-state index in [0.717, 1.165) is 51.5 Å². The molecule has 1 saturated heterocycles. The van der Waals surface area contributed by atoms with E-state index in [9.17, 15) is 8.42 Å². The van der Waals surface area contributed by atoms with Gasteiger partial charge in [0.25, 0.3) is 10.2 Å². The average Bonchev–Trinajstić information content (AvgIpc) is 2.46. The van der Waals surface area contributed by atoms with E-state index in [-0.39, 0.29) is 6.04 Å². The van der Waals surface area contributed by atoms with Crippen molar-refractivity contribution in [2.45, 2.75) is 64.8 Å². The first-order chi connectivity index (χ1) is 10.0. The molecule has 21 heavy (non-hydrogen) atoms. The zero-order valence-corrected chi connectivity index (χ0v) is 14.7. The van der Waals surface area contributed by atoms with Crippen LogP contribution in [0.2, 0.25) is 0 Å². The maximum absolute atomic E-state index is 12.5. The molecule has 1 aliphatic heterocycles. The van der Waals surface area contributed by atoms with Crippen molar-refractivity contribution in [3.05, 3.63) is 0 Å². The summed E-state index contributed by atoms with van der Waals surface area (Å²) in [4.78, 5) is 0. The highest BCUT2D eigenvalue weighted by Crippen LogP contribution is 2.19. The van der Waals surface area contributed by atoms with Gasteiger partial charge in [-0.25, -0.2) is 0 Å². The molecule has 1 rings (SSSR count). The van der Waals surface area contributed by atoms with Gasteiger partial charge < -0.3 is 5.32 Å². The van der Waals surface area contributed by atoms with Crippen LogP contribution < -0.4 is 10.0 Å². The quantitative estimate of drug-likeness (QED) is 0.648. The summed E-state index contributed by atoms with van der Waals surface area (Å²) in [5.41, 5.74) is 0. The minimum atomic E-state index is -3.31. The average molecular weight is 320 g/mol. The Kier molecular flexibility index (Phi) is 8.78. The molecule has 0 radical (unpaired) electrons. The van der Waals surface area contributed by atoms with E-state index in [2.05, 4.69) is 23.9 Å². The zero-order valence-electron chi connectivity index (χ0n) is 13.9. The van der Waals surface area contributed by atoms with Crippen molar-refractivity contribution >= 4 is 10.2 Å². The van der Waals surface area contributed by atoms with Gasteiger partial charge in [-0.1, -0.05) is 33.1 Å². The predicted octanol–water partition coefficient (Wildman–Crippen LogP) is 2.11. The van der Waals surface area contributed by atoms with Crippen LogP contribution in [-0.4, -0.2) is 45.4 Å². The second-order valence-electron chi connectivity index (χ2n) is 6.15. The molecular weight excluding hydrogens is 286 g/mol. The molecule has 6 heteroatoms. The van der Waals surface area contributed by atoms with Gasteiger partial charge >= 0.3 is 0 Å². The van der Waals surface area contributed by atoms with Crippen LogP contribution in [0.3, 0.4) is 0 Å². The second kappa shape index (κ2) is 9.77. The third kappa shape index (κ3) is 6.63. The van der Waals surface area contributed by atoms with Gasteiger partial charge in [-0.15, -0.1) is 0 Å². The number of unbranched alkanes of at least 4 members (excludes halogenated alkanes) is 1. The summed E-state index contributed by atoms with van der Waals surface area (Å²) >= 11 is 0. The third-order valence-corrected chi connectivity index (χ3v) is 5.94. The van der Waals surface area contributed by atoms with Crippen molar-refractivity contribution in [3.63, 3.8) is 0 Å². The molecule has 5 nitrogen and oxygen atoms in total. The van der Waals surface area contributed by atoms with Crippen molar-refractivity contribution in [1.82, 2.24) is 14.3 Å². The van der Waals surface area contributed by atoms with Crippen molar-refractivity contribution in [2.75, 3.05) is 26.7 Å². The summed E-state index contributed by atoms with van der Waals surface area (Å²) in [6, 6.07) is 0.0926. The molecule has 0 saturated carbocycles. The van der Waals surface area contributed by atoms with Crippen LogP contribution in [0.25, 0.3) is 0 Å². The largest absolute Gasteiger partial charge is 0.319 e. The van der Waals surface area contributed by atoms with Crippen molar-refractivity contribution in [3.8, 4) is 0 Å². The summed E-state index contributed by atoms with van der Waals surface area (Å²) in [5, 5.41) is 3.18. The molecule has 2 N–H and O–H groups in total. The fourth-order valence-corrected chi connectivity index (χ4v) is 4.49. The molecule has 0 aromatic heterocycles. The van der Waals surface area contributed by atoms with E-state index in [4.69, 9.17) is 0 Å². The Morgan fingerprint density at radius 1 is 1.14 bits per heavy atom. The molecule has 0 spiro atoms. The molecule has 1 unspecified atom stereocenters. The molecule has 126 valence electrons. The van der Waals surface area contributed by atoms with Crippen molar-refractivity contribution in [1.29, 1.82) is 0 Å². The van der Waals surface area contributed by atoms with Crippen molar-refractivity contribution < 1.29 is 8.42 Å².